The van der Waals surface area contributed by atoms with E-state index in [4.69, 9.17) is 9.72 Å². The van der Waals surface area contributed by atoms with Crippen molar-refractivity contribution in [3.05, 3.63) is 70.9 Å². The number of imidazole rings is 1. The fraction of sp³-hybridized carbons (Fsp3) is 0.150. The number of thiophene rings is 1. The monoisotopic (exact) mass is 352 g/mol. The van der Waals surface area contributed by atoms with Gasteiger partial charge in [0.25, 0.3) is 0 Å². The molecule has 2 aromatic carbocycles. The van der Waals surface area contributed by atoms with Gasteiger partial charge in [-0.2, -0.15) is 0 Å². The van der Waals surface area contributed by atoms with E-state index in [2.05, 4.69) is 23.6 Å². The largest absolute Gasteiger partial charge is 0.497 e. The van der Waals surface area contributed by atoms with Gasteiger partial charge in [0.1, 0.15) is 11.6 Å². The number of fused-ring (bicyclic) bond motifs is 1. The van der Waals surface area contributed by atoms with Crippen LogP contribution in [0.25, 0.3) is 21.7 Å². The van der Waals surface area contributed by atoms with E-state index in [0.717, 1.165) is 33.0 Å². The van der Waals surface area contributed by atoms with Crippen molar-refractivity contribution >= 4 is 22.4 Å². The molecule has 2 aromatic heterocycles. The first kappa shape index (κ1) is 15.8. The number of nitrogens with zero attached hydrogens (tertiary/aromatic N) is 2. The van der Waals surface area contributed by atoms with Gasteiger partial charge in [0.2, 0.25) is 0 Å². The molecule has 0 fully saturated rings. The number of halogens is 1. The number of aromatic nitrogens is 2. The van der Waals surface area contributed by atoms with E-state index < -0.39 is 0 Å². The van der Waals surface area contributed by atoms with Gasteiger partial charge in [0, 0.05) is 11.4 Å². The van der Waals surface area contributed by atoms with Crippen LogP contribution in [0.1, 0.15) is 10.4 Å². The zero-order chi connectivity index (χ0) is 17.4. The second kappa shape index (κ2) is 6.33. The fourth-order valence-corrected chi connectivity index (χ4v) is 3.82. The summed E-state index contributed by atoms with van der Waals surface area (Å²) in [5, 5.41) is 0. The Morgan fingerprint density at radius 3 is 2.76 bits per heavy atom. The van der Waals surface area contributed by atoms with E-state index in [9.17, 15) is 4.39 Å². The summed E-state index contributed by atoms with van der Waals surface area (Å²) in [4.78, 5) is 7.06. The molecule has 5 heteroatoms. The van der Waals surface area contributed by atoms with Gasteiger partial charge in [-0.05, 0) is 55.0 Å². The van der Waals surface area contributed by atoms with Crippen molar-refractivity contribution in [1.82, 2.24) is 9.55 Å². The molecule has 0 amide bonds. The van der Waals surface area contributed by atoms with E-state index in [1.165, 1.54) is 10.9 Å². The van der Waals surface area contributed by atoms with Gasteiger partial charge in [-0.1, -0.05) is 12.1 Å². The minimum absolute atomic E-state index is 0.256. The molecule has 0 saturated heterocycles. The van der Waals surface area contributed by atoms with Crippen LogP contribution in [0.2, 0.25) is 0 Å². The maximum absolute atomic E-state index is 13.8. The highest BCUT2D eigenvalue weighted by molar-refractivity contribution is 7.15. The third-order valence-electron chi connectivity index (χ3n) is 4.15. The lowest BCUT2D eigenvalue weighted by Crippen LogP contribution is -2.02. The average Bonchev–Trinajstić information content (AvgIpc) is 3.19. The fourth-order valence-electron chi connectivity index (χ4n) is 2.95. The summed E-state index contributed by atoms with van der Waals surface area (Å²) in [6, 6.07) is 16.8. The van der Waals surface area contributed by atoms with Crippen molar-refractivity contribution in [3.8, 4) is 16.5 Å². The summed E-state index contributed by atoms with van der Waals surface area (Å²) >= 11 is 1.69. The predicted molar refractivity (Wildman–Crippen MR) is 99.8 cm³/mol. The van der Waals surface area contributed by atoms with Crippen LogP contribution in [0.5, 0.6) is 5.75 Å². The van der Waals surface area contributed by atoms with E-state index in [0.29, 0.717) is 6.54 Å². The first-order valence-electron chi connectivity index (χ1n) is 7.99. The molecule has 2 heterocycles. The molecule has 0 saturated carbocycles. The molecule has 3 nitrogen and oxygen atoms in total. The quantitative estimate of drug-likeness (QED) is 0.500. The molecular weight excluding hydrogens is 335 g/mol. The molecular formula is C20H17FN2OS. The third kappa shape index (κ3) is 3.03. The summed E-state index contributed by atoms with van der Waals surface area (Å²) < 4.78 is 21.2. The number of ether oxygens (including phenoxy) is 1. The molecule has 25 heavy (non-hydrogen) atoms. The van der Waals surface area contributed by atoms with Crippen molar-refractivity contribution in [3.63, 3.8) is 0 Å². The number of methoxy groups -OCH3 is 1. The van der Waals surface area contributed by atoms with Crippen molar-refractivity contribution in [1.29, 1.82) is 0 Å². The lowest BCUT2D eigenvalue weighted by molar-refractivity contribution is 0.414. The van der Waals surface area contributed by atoms with Gasteiger partial charge in [0.15, 0.2) is 5.82 Å². The molecule has 4 aromatic rings. The van der Waals surface area contributed by atoms with Crippen LogP contribution in [-0.4, -0.2) is 16.7 Å². The van der Waals surface area contributed by atoms with Gasteiger partial charge in [-0.25, -0.2) is 9.37 Å². The Labute approximate surface area is 149 Å². The van der Waals surface area contributed by atoms with Crippen LogP contribution in [0, 0.1) is 12.7 Å². The first-order valence-corrected chi connectivity index (χ1v) is 8.81. The van der Waals surface area contributed by atoms with Gasteiger partial charge >= 0.3 is 0 Å². The summed E-state index contributed by atoms with van der Waals surface area (Å²) in [5.41, 5.74) is 2.67. The topological polar surface area (TPSA) is 27.1 Å². The molecule has 0 atom stereocenters. The lowest BCUT2D eigenvalue weighted by atomic mass is 10.2. The lowest BCUT2D eigenvalue weighted by Gasteiger charge is -2.10. The van der Waals surface area contributed by atoms with Gasteiger partial charge in [-0.15, -0.1) is 11.3 Å². The van der Waals surface area contributed by atoms with E-state index >= 15 is 0 Å². The number of hydrogen-bond donors (Lipinski definition) is 0. The minimum Gasteiger partial charge on any atom is -0.497 e. The zero-order valence-electron chi connectivity index (χ0n) is 14.0. The van der Waals surface area contributed by atoms with E-state index in [1.807, 2.05) is 24.3 Å². The Hall–Kier alpha value is -2.66. The van der Waals surface area contributed by atoms with Gasteiger partial charge < -0.3 is 9.30 Å². The van der Waals surface area contributed by atoms with Crippen LogP contribution >= 0.6 is 11.3 Å². The van der Waals surface area contributed by atoms with Crippen LogP contribution in [-0.2, 0) is 6.54 Å². The van der Waals surface area contributed by atoms with Gasteiger partial charge in [-0.3, -0.25) is 0 Å². The minimum atomic E-state index is -0.256. The first-order chi connectivity index (χ1) is 12.1. The summed E-state index contributed by atoms with van der Waals surface area (Å²) in [6.07, 6.45) is 0. The molecule has 126 valence electrons. The number of rotatable bonds is 4. The highest BCUT2D eigenvalue weighted by atomic mass is 32.1. The van der Waals surface area contributed by atoms with Crippen molar-refractivity contribution in [2.45, 2.75) is 13.5 Å². The van der Waals surface area contributed by atoms with Crippen LogP contribution in [0.3, 0.4) is 0 Å². The number of hydrogen-bond acceptors (Lipinski definition) is 3. The molecule has 0 aliphatic rings. The molecule has 0 radical (unpaired) electrons. The van der Waals surface area contributed by atoms with Crippen LogP contribution < -0.4 is 4.74 Å². The zero-order valence-corrected chi connectivity index (χ0v) is 14.8. The standard InChI is InChI=1S/C20H17FN2OS/c1-13-6-9-19(25-13)20-22-17-8-7-15(21)11-18(17)23(20)12-14-4-3-5-16(10-14)24-2/h3-11H,12H2,1-2H3. The Morgan fingerprint density at radius 1 is 1.12 bits per heavy atom. The third-order valence-corrected chi connectivity index (χ3v) is 5.14. The van der Waals surface area contributed by atoms with Crippen molar-refractivity contribution in [2.24, 2.45) is 0 Å². The highest BCUT2D eigenvalue weighted by Gasteiger charge is 2.15. The Kier molecular flexibility index (Phi) is 4.01. The second-order valence-electron chi connectivity index (χ2n) is 5.92. The smallest absolute Gasteiger partial charge is 0.151 e. The molecule has 0 N–H and O–H groups in total. The molecule has 4 rings (SSSR count). The predicted octanol–water partition coefficient (Wildman–Crippen LogP) is 5.27. The Bertz CT molecular complexity index is 1050. The maximum Gasteiger partial charge on any atom is 0.151 e. The second-order valence-corrected chi connectivity index (χ2v) is 7.20. The van der Waals surface area contributed by atoms with Crippen LogP contribution in [0.4, 0.5) is 4.39 Å². The molecule has 0 aliphatic heterocycles. The summed E-state index contributed by atoms with van der Waals surface area (Å²) in [6.45, 7) is 2.67. The summed E-state index contributed by atoms with van der Waals surface area (Å²) in [5.74, 6) is 1.41. The van der Waals surface area contributed by atoms with E-state index in [1.54, 1.807) is 30.6 Å². The molecule has 0 spiro atoms. The van der Waals surface area contributed by atoms with E-state index in [-0.39, 0.29) is 5.82 Å². The number of benzene rings is 2. The summed E-state index contributed by atoms with van der Waals surface area (Å²) in [7, 11) is 1.65. The SMILES string of the molecule is COc1cccc(Cn2c(-c3ccc(C)s3)nc3ccc(F)cc32)c1. The average molecular weight is 352 g/mol. The Morgan fingerprint density at radius 2 is 2.00 bits per heavy atom. The highest BCUT2D eigenvalue weighted by Crippen LogP contribution is 2.31. The molecule has 0 aliphatic carbocycles. The molecule has 0 unspecified atom stereocenters. The number of aryl methyl sites for hydroxylation is 1. The molecule has 0 bridgehead atoms. The van der Waals surface area contributed by atoms with Crippen molar-refractivity contribution in [2.75, 3.05) is 7.11 Å². The Balaban J connectivity index is 1.88. The van der Waals surface area contributed by atoms with Gasteiger partial charge in [0.05, 0.1) is 23.0 Å². The normalized spacial score (nSPS) is 11.2. The van der Waals surface area contributed by atoms with Crippen molar-refractivity contribution < 1.29 is 9.13 Å². The van der Waals surface area contributed by atoms with Crippen LogP contribution in [0.15, 0.2) is 54.6 Å². The maximum atomic E-state index is 13.8.